The van der Waals surface area contributed by atoms with E-state index in [0.717, 1.165) is 25.4 Å². The molecule has 4 heteroatoms. The Bertz CT molecular complexity index is 475. The van der Waals surface area contributed by atoms with Crippen LogP contribution in [0.5, 0.6) is 5.75 Å². The van der Waals surface area contributed by atoms with Crippen LogP contribution in [-0.2, 0) is 4.74 Å². The number of likely N-dealkylation sites (tertiary alicyclic amines) is 1. The lowest BCUT2D eigenvalue weighted by Gasteiger charge is -2.36. The third-order valence-electron chi connectivity index (χ3n) is 4.19. The van der Waals surface area contributed by atoms with Gasteiger partial charge in [0.2, 0.25) is 0 Å². The van der Waals surface area contributed by atoms with Gasteiger partial charge < -0.3 is 14.7 Å². The van der Waals surface area contributed by atoms with Crippen LogP contribution in [0.25, 0.3) is 0 Å². The van der Waals surface area contributed by atoms with Gasteiger partial charge in [-0.1, -0.05) is 19.1 Å². The van der Waals surface area contributed by atoms with Crippen LogP contribution in [0.1, 0.15) is 43.5 Å². The lowest BCUT2D eigenvalue weighted by atomic mass is 9.95. The van der Waals surface area contributed by atoms with Gasteiger partial charge in [0.05, 0.1) is 6.61 Å². The summed E-state index contributed by atoms with van der Waals surface area (Å²) < 4.78 is 5.24. The van der Waals surface area contributed by atoms with Crippen molar-refractivity contribution in [2.75, 3.05) is 19.7 Å². The monoisotopic (exact) mass is 291 g/mol. The highest BCUT2D eigenvalue weighted by Gasteiger charge is 2.22. The molecule has 116 valence electrons. The average Bonchev–Trinajstić information content (AvgIpc) is 2.47. The molecule has 1 N–H and O–H groups in total. The van der Waals surface area contributed by atoms with Gasteiger partial charge in [-0.3, -0.25) is 0 Å². The molecule has 0 spiro atoms. The minimum atomic E-state index is -0.451. The molecule has 4 nitrogen and oxygen atoms in total. The summed E-state index contributed by atoms with van der Waals surface area (Å²) in [6.07, 6.45) is 3.38. The van der Waals surface area contributed by atoms with Gasteiger partial charge in [-0.05, 0) is 44.2 Å². The van der Waals surface area contributed by atoms with Crippen LogP contribution in [0.2, 0.25) is 0 Å². The number of hydrogen-bond acceptors (Lipinski definition) is 4. The Morgan fingerprint density at radius 2 is 2.10 bits per heavy atom. The quantitative estimate of drug-likeness (QED) is 0.669. The van der Waals surface area contributed by atoms with E-state index in [2.05, 4.69) is 18.7 Å². The van der Waals surface area contributed by atoms with E-state index in [9.17, 15) is 9.90 Å². The Morgan fingerprint density at radius 1 is 1.33 bits per heavy atom. The van der Waals surface area contributed by atoms with Crippen molar-refractivity contribution in [3.63, 3.8) is 0 Å². The standard InChI is InChI=1S/C17H25NO3/c1-13-8-9-14(2)18(12-13)10-5-11-21-17(20)15-6-3-4-7-16(15)19/h3-4,6-7,13-14,19H,5,8-12H2,1-2H3. The summed E-state index contributed by atoms with van der Waals surface area (Å²) in [7, 11) is 0. The molecular formula is C17H25NO3. The van der Waals surface area contributed by atoms with Crippen LogP contribution in [0.3, 0.4) is 0 Å². The molecule has 0 saturated carbocycles. The number of carbonyl (C=O) groups excluding carboxylic acids is 1. The van der Waals surface area contributed by atoms with Gasteiger partial charge in [-0.2, -0.15) is 0 Å². The maximum atomic E-state index is 11.8. The second-order valence-electron chi connectivity index (χ2n) is 6.03. The zero-order valence-electron chi connectivity index (χ0n) is 12.9. The third-order valence-corrected chi connectivity index (χ3v) is 4.19. The summed E-state index contributed by atoms with van der Waals surface area (Å²) in [4.78, 5) is 14.3. The molecule has 0 aliphatic carbocycles. The van der Waals surface area contributed by atoms with Gasteiger partial charge in [0.25, 0.3) is 0 Å². The molecule has 21 heavy (non-hydrogen) atoms. The summed E-state index contributed by atoms with van der Waals surface area (Å²) >= 11 is 0. The number of para-hydroxylation sites is 1. The van der Waals surface area contributed by atoms with Crippen molar-refractivity contribution in [2.24, 2.45) is 5.92 Å². The highest BCUT2D eigenvalue weighted by molar-refractivity contribution is 5.92. The maximum absolute atomic E-state index is 11.8. The highest BCUT2D eigenvalue weighted by atomic mass is 16.5. The smallest absolute Gasteiger partial charge is 0.341 e. The van der Waals surface area contributed by atoms with Gasteiger partial charge in [0.1, 0.15) is 11.3 Å². The molecule has 0 amide bonds. The minimum Gasteiger partial charge on any atom is -0.507 e. The summed E-state index contributed by atoms with van der Waals surface area (Å²) in [5, 5.41) is 9.60. The van der Waals surface area contributed by atoms with Crippen LogP contribution < -0.4 is 0 Å². The second kappa shape index (κ2) is 7.46. The number of benzene rings is 1. The normalized spacial score (nSPS) is 23.0. The van der Waals surface area contributed by atoms with Crippen LogP contribution in [0.4, 0.5) is 0 Å². The Morgan fingerprint density at radius 3 is 2.86 bits per heavy atom. The van der Waals surface area contributed by atoms with Crippen molar-refractivity contribution >= 4 is 5.97 Å². The van der Waals surface area contributed by atoms with E-state index in [0.29, 0.717) is 12.6 Å². The van der Waals surface area contributed by atoms with Crippen molar-refractivity contribution in [3.8, 4) is 5.75 Å². The first kappa shape index (κ1) is 15.8. The van der Waals surface area contributed by atoms with Gasteiger partial charge in [0, 0.05) is 19.1 Å². The van der Waals surface area contributed by atoms with Crippen molar-refractivity contribution < 1.29 is 14.6 Å². The fourth-order valence-corrected chi connectivity index (χ4v) is 2.85. The number of carbonyl (C=O) groups is 1. The lowest BCUT2D eigenvalue weighted by Crippen LogP contribution is -2.41. The predicted octanol–water partition coefficient (Wildman–Crippen LogP) is 3.06. The minimum absolute atomic E-state index is 0.0269. The molecule has 2 unspecified atom stereocenters. The Kier molecular flexibility index (Phi) is 5.62. The first-order valence-corrected chi connectivity index (χ1v) is 7.77. The largest absolute Gasteiger partial charge is 0.507 e. The van der Waals surface area contributed by atoms with Gasteiger partial charge in [0.15, 0.2) is 0 Å². The highest BCUT2D eigenvalue weighted by Crippen LogP contribution is 2.21. The van der Waals surface area contributed by atoms with E-state index in [4.69, 9.17) is 4.74 Å². The molecular weight excluding hydrogens is 266 g/mol. The molecule has 1 saturated heterocycles. The molecule has 2 rings (SSSR count). The number of hydrogen-bond donors (Lipinski definition) is 1. The summed E-state index contributed by atoms with van der Waals surface area (Å²) in [5.41, 5.74) is 0.234. The number of nitrogens with zero attached hydrogens (tertiary/aromatic N) is 1. The van der Waals surface area contributed by atoms with E-state index in [1.165, 1.54) is 18.9 Å². The number of esters is 1. The number of phenols is 1. The van der Waals surface area contributed by atoms with E-state index >= 15 is 0 Å². The van der Waals surface area contributed by atoms with E-state index in [-0.39, 0.29) is 11.3 Å². The van der Waals surface area contributed by atoms with Crippen molar-refractivity contribution in [3.05, 3.63) is 29.8 Å². The zero-order chi connectivity index (χ0) is 15.2. The van der Waals surface area contributed by atoms with Crippen LogP contribution in [0.15, 0.2) is 24.3 Å². The molecule has 2 atom stereocenters. The molecule has 1 aliphatic heterocycles. The average molecular weight is 291 g/mol. The van der Waals surface area contributed by atoms with Crippen LogP contribution in [-0.4, -0.2) is 41.7 Å². The molecule has 0 bridgehead atoms. The summed E-state index contributed by atoms with van der Waals surface area (Å²) in [5.74, 6) is 0.277. The number of aromatic hydroxyl groups is 1. The SMILES string of the molecule is CC1CCC(C)N(CCCOC(=O)c2ccccc2O)C1. The lowest BCUT2D eigenvalue weighted by molar-refractivity contribution is 0.0462. The van der Waals surface area contributed by atoms with Crippen LogP contribution >= 0.6 is 0 Å². The fraction of sp³-hybridized carbons (Fsp3) is 0.588. The first-order chi connectivity index (χ1) is 10.1. The van der Waals surface area contributed by atoms with E-state index in [1.54, 1.807) is 18.2 Å². The van der Waals surface area contributed by atoms with E-state index < -0.39 is 5.97 Å². The summed E-state index contributed by atoms with van der Waals surface area (Å²) in [6, 6.07) is 7.09. The Balaban J connectivity index is 1.72. The topological polar surface area (TPSA) is 49.8 Å². The molecule has 1 aromatic carbocycles. The molecule has 0 radical (unpaired) electrons. The Labute approximate surface area is 126 Å². The molecule has 0 aromatic heterocycles. The number of phenolic OH excluding ortho intramolecular Hbond substituents is 1. The number of rotatable bonds is 5. The van der Waals surface area contributed by atoms with Crippen molar-refractivity contribution in [1.29, 1.82) is 0 Å². The van der Waals surface area contributed by atoms with Crippen molar-refractivity contribution in [1.82, 2.24) is 4.90 Å². The molecule has 1 aromatic rings. The van der Waals surface area contributed by atoms with Crippen LogP contribution in [0, 0.1) is 5.92 Å². The predicted molar refractivity (Wildman–Crippen MR) is 82.4 cm³/mol. The Hall–Kier alpha value is -1.55. The summed E-state index contributed by atoms with van der Waals surface area (Å²) in [6.45, 7) is 7.04. The molecule has 1 aliphatic rings. The first-order valence-electron chi connectivity index (χ1n) is 7.77. The van der Waals surface area contributed by atoms with Gasteiger partial charge in [-0.25, -0.2) is 4.79 Å². The second-order valence-corrected chi connectivity index (χ2v) is 6.03. The van der Waals surface area contributed by atoms with Gasteiger partial charge in [-0.15, -0.1) is 0 Å². The maximum Gasteiger partial charge on any atom is 0.341 e. The van der Waals surface area contributed by atoms with Gasteiger partial charge >= 0.3 is 5.97 Å². The number of ether oxygens (including phenoxy) is 1. The molecule has 1 heterocycles. The van der Waals surface area contributed by atoms with Crippen molar-refractivity contribution in [2.45, 2.75) is 39.2 Å². The van der Waals surface area contributed by atoms with E-state index in [1.807, 2.05) is 0 Å². The fourth-order valence-electron chi connectivity index (χ4n) is 2.85. The number of piperidine rings is 1. The third kappa shape index (κ3) is 4.46. The molecule has 1 fully saturated rings. The zero-order valence-corrected chi connectivity index (χ0v) is 12.9.